The summed E-state index contributed by atoms with van der Waals surface area (Å²) in [6, 6.07) is 13.9. The molecule has 0 aliphatic heterocycles. The summed E-state index contributed by atoms with van der Waals surface area (Å²) in [7, 11) is -4.07. The molecule has 1 N–H and O–H groups in total. The van der Waals surface area contributed by atoms with E-state index in [2.05, 4.69) is 10.5 Å². The molecular formula is C21H22ClN3O4S. The largest absolute Gasteiger partial charge is 0.360 e. The Bertz CT molecular complexity index is 1120. The Labute approximate surface area is 180 Å². The van der Waals surface area contributed by atoms with Crippen LogP contribution < -0.4 is 9.62 Å². The summed E-state index contributed by atoms with van der Waals surface area (Å²) >= 11 is 5.87. The molecule has 1 aromatic heterocycles. The number of sulfonamides is 1. The van der Waals surface area contributed by atoms with Crippen LogP contribution >= 0.6 is 11.6 Å². The van der Waals surface area contributed by atoms with Gasteiger partial charge in [0, 0.05) is 11.6 Å². The van der Waals surface area contributed by atoms with Gasteiger partial charge in [0.15, 0.2) is 10.7 Å². The number of aryl methyl sites for hydroxylation is 3. The number of hydrogen-bond donors (Lipinski definition) is 1. The lowest BCUT2D eigenvalue weighted by molar-refractivity contribution is -0.119. The molecule has 0 unspecified atom stereocenters. The second-order valence-electron chi connectivity index (χ2n) is 6.90. The van der Waals surface area contributed by atoms with E-state index in [1.54, 1.807) is 55.5 Å². The lowest BCUT2D eigenvalue weighted by Gasteiger charge is -2.24. The van der Waals surface area contributed by atoms with Gasteiger partial charge in [-0.25, -0.2) is 8.42 Å². The predicted octanol–water partition coefficient (Wildman–Crippen LogP) is 3.76. The summed E-state index contributed by atoms with van der Waals surface area (Å²) in [4.78, 5) is 12.6. The molecule has 0 fully saturated rings. The standard InChI is InChI=1S/C21H22ClN3O4S/c1-14-4-10-19(11-5-14)25(30(27,28)21-15(2)24-29-16(21)3)13-20(26)23-12-17-6-8-18(22)9-7-17/h4-11H,12-13H2,1-3H3,(H,23,26). The molecule has 158 valence electrons. The molecule has 0 radical (unpaired) electrons. The van der Waals surface area contributed by atoms with E-state index in [9.17, 15) is 13.2 Å². The number of anilines is 1. The van der Waals surface area contributed by atoms with Crippen molar-refractivity contribution in [2.45, 2.75) is 32.2 Å². The number of aromatic nitrogens is 1. The first-order chi connectivity index (χ1) is 14.2. The van der Waals surface area contributed by atoms with E-state index < -0.39 is 15.9 Å². The van der Waals surface area contributed by atoms with Gasteiger partial charge in [-0.2, -0.15) is 0 Å². The highest BCUT2D eigenvalue weighted by Crippen LogP contribution is 2.28. The molecule has 0 spiro atoms. The molecule has 1 heterocycles. The first kappa shape index (κ1) is 21.9. The van der Waals surface area contributed by atoms with Gasteiger partial charge in [-0.3, -0.25) is 9.10 Å². The zero-order chi connectivity index (χ0) is 21.9. The van der Waals surface area contributed by atoms with Gasteiger partial charge in [0.05, 0.1) is 5.69 Å². The zero-order valence-corrected chi connectivity index (χ0v) is 18.4. The van der Waals surface area contributed by atoms with Crippen molar-refractivity contribution in [3.8, 4) is 0 Å². The van der Waals surface area contributed by atoms with Crippen molar-refractivity contribution in [3.63, 3.8) is 0 Å². The van der Waals surface area contributed by atoms with E-state index in [0.29, 0.717) is 10.7 Å². The summed E-state index contributed by atoms with van der Waals surface area (Å²) in [5.74, 6) is -0.271. The molecule has 3 rings (SSSR count). The Hall–Kier alpha value is -2.84. The maximum Gasteiger partial charge on any atom is 0.270 e. The monoisotopic (exact) mass is 447 g/mol. The Balaban J connectivity index is 1.87. The molecule has 30 heavy (non-hydrogen) atoms. The number of nitrogens with one attached hydrogen (secondary N) is 1. The van der Waals surface area contributed by atoms with Crippen LogP contribution in [0.3, 0.4) is 0 Å². The average molecular weight is 448 g/mol. The summed E-state index contributed by atoms with van der Waals surface area (Å²) in [6.07, 6.45) is 0. The lowest BCUT2D eigenvalue weighted by atomic mass is 10.2. The fourth-order valence-corrected chi connectivity index (χ4v) is 4.81. The van der Waals surface area contributed by atoms with E-state index in [4.69, 9.17) is 16.1 Å². The number of benzene rings is 2. The number of hydrogen-bond acceptors (Lipinski definition) is 5. The van der Waals surface area contributed by atoms with E-state index in [0.717, 1.165) is 15.4 Å². The third kappa shape index (κ3) is 4.83. The maximum atomic E-state index is 13.4. The van der Waals surface area contributed by atoms with Crippen LogP contribution in [-0.4, -0.2) is 26.0 Å². The fraction of sp³-hybridized carbons (Fsp3) is 0.238. The third-order valence-electron chi connectivity index (χ3n) is 4.53. The van der Waals surface area contributed by atoms with Gasteiger partial charge in [-0.05, 0) is 50.6 Å². The Morgan fingerprint density at radius 1 is 1.07 bits per heavy atom. The number of nitrogens with zero attached hydrogens (tertiary/aromatic N) is 2. The highest BCUT2D eigenvalue weighted by molar-refractivity contribution is 7.93. The minimum absolute atomic E-state index is 0.0337. The highest BCUT2D eigenvalue weighted by atomic mass is 35.5. The van der Waals surface area contributed by atoms with Crippen molar-refractivity contribution < 1.29 is 17.7 Å². The van der Waals surface area contributed by atoms with Crippen molar-refractivity contribution >= 4 is 33.2 Å². The average Bonchev–Trinajstić information content (AvgIpc) is 3.05. The molecule has 2 aromatic carbocycles. The Morgan fingerprint density at radius 3 is 2.27 bits per heavy atom. The van der Waals surface area contributed by atoms with Crippen LogP contribution in [0.4, 0.5) is 5.69 Å². The topological polar surface area (TPSA) is 92.5 Å². The lowest BCUT2D eigenvalue weighted by Crippen LogP contribution is -2.41. The van der Waals surface area contributed by atoms with Crippen molar-refractivity contribution in [2.75, 3.05) is 10.8 Å². The second kappa shape index (κ2) is 8.89. The molecular weight excluding hydrogens is 426 g/mol. The number of carbonyl (C=O) groups is 1. The van der Waals surface area contributed by atoms with Crippen molar-refractivity contribution in [2.24, 2.45) is 0 Å². The van der Waals surface area contributed by atoms with Crippen LogP contribution in [0.25, 0.3) is 0 Å². The molecule has 3 aromatic rings. The van der Waals surface area contributed by atoms with Crippen LogP contribution in [0.2, 0.25) is 5.02 Å². The molecule has 0 saturated carbocycles. The van der Waals surface area contributed by atoms with E-state index >= 15 is 0 Å². The van der Waals surface area contributed by atoms with Crippen LogP contribution in [0.1, 0.15) is 22.6 Å². The SMILES string of the molecule is Cc1ccc(N(CC(=O)NCc2ccc(Cl)cc2)S(=O)(=O)c2c(C)noc2C)cc1. The van der Waals surface area contributed by atoms with Crippen molar-refractivity contribution in [3.05, 3.63) is 76.1 Å². The summed E-state index contributed by atoms with van der Waals surface area (Å²) in [5.41, 5.74) is 2.44. The summed E-state index contributed by atoms with van der Waals surface area (Å²) in [6.45, 7) is 4.85. The van der Waals surface area contributed by atoms with Crippen LogP contribution in [-0.2, 0) is 21.4 Å². The van der Waals surface area contributed by atoms with Gasteiger partial charge >= 0.3 is 0 Å². The number of carbonyl (C=O) groups excluding carboxylic acids is 1. The normalized spacial score (nSPS) is 11.3. The molecule has 0 aliphatic rings. The van der Waals surface area contributed by atoms with Gasteiger partial charge in [0.2, 0.25) is 5.91 Å². The van der Waals surface area contributed by atoms with Crippen LogP contribution in [0.15, 0.2) is 57.9 Å². The first-order valence-electron chi connectivity index (χ1n) is 9.22. The Kier molecular flexibility index (Phi) is 6.48. The van der Waals surface area contributed by atoms with E-state index in [1.165, 1.54) is 6.92 Å². The van der Waals surface area contributed by atoms with Gasteiger partial charge in [-0.15, -0.1) is 0 Å². The fourth-order valence-electron chi connectivity index (χ4n) is 2.97. The van der Waals surface area contributed by atoms with Crippen molar-refractivity contribution in [1.82, 2.24) is 10.5 Å². The van der Waals surface area contributed by atoms with Gasteiger partial charge in [0.1, 0.15) is 12.2 Å². The number of amides is 1. The van der Waals surface area contributed by atoms with Gasteiger partial charge < -0.3 is 9.84 Å². The summed E-state index contributed by atoms with van der Waals surface area (Å²) < 4.78 is 32.9. The molecule has 1 amide bonds. The smallest absolute Gasteiger partial charge is 0.270 e. The van der Waals surface area contributed by atoms with Crippen LogP contribution in [0, 0.1) is 20.8 Å². The Morgan fingerprint density at radius 2 is 1.70 bits per heavy atom. The number of halogens is 1. The first-order valence-corrected chi connectivity index (χ1v) is 11.0. The molecule has 0 atom stereocenters. The molecule has 0 saturated heterocycles. The van der Waals surface area contributed by atoms with Gasteiger partial charge in [0.25, 0.3) is 10.0 Å². The number of rotatable bonds is 7. The zero-order valence-electron chi connectivity index (χ0n) is 16.8. The maximum absolute atomic E-state index is 13.4. The second-order valence-corrected chi connectivity index (χ2v) is 9.14. The van der Waals surface area contributed by atoms with E-state index in [1.807, 2.05) is 6.92 Å². The molecule has 9 heteroatoms. The summed E-state index contributed by atoms with van der Waals surface area (Å²) in [5, 5.41) is 7.09. The molecule has 7 nitrogen and oxygen atoms in total. The minimum atomic E-state index is -4.07. The molecule has 0 aliphatic carbocycles. The molecule has 0 bridgehead atoms. The quantitative estimate of drug-likeness (QED) is 0.595. The predicted molar refractivity (Wildman–Crippen MR) is 115 cm³/mol. The minimum Gasteiger partial charge on any atom is -0.360 e. The van der Waals surface area contributed by atoms with Crippen molar-refractivity contribution in [1.29, 1.82) is 0 Å². The van der Waals surface area contributed by atoms with Gasteiger partial charge in [-0.1, -0.05) is 46.6 Å². The van der Waals surface area contributed by atoms with E-state index in [-0.39, 0.29) is 29.4 Å². The highest BCUT2D eigenvalue weighted by Gasteiger charge is 2.32. The van der Waals surface area contributed by atoms with Crippen LogP contribution in [0.5, 0.6) is 0 Å². The third-order valence-corrected chi connectivity index (χ3v) is 6.80.